The molecule has 0 saturated carbocycles. The summed E-state index contributed by atoms with van der Waals surface area (Å²) in [6, 6.07) is 3.56. The maximum atomic E-state index is 11.1. The van der Waals surface area contributed by atoms with E-state index < -0.39 is 0 Å². The molecule has 2 heterocycles. The van der Waals surface area contributed by atoms with Crippen molar-refractivity contribution >= 4 is 23.8 Å². The Hall–Kier alpha value is -2.42. The Morgan fingerprint density at radius 3 is 2.70 bits per heavy atom. The maximum absolute atomic E-state index is 11.1. The van der Waals surface area contributed by atoms with Crippen LogP contribution >= 0.6 is 11.6 Å². The van der Waals surface area contributed by atoms with E-state index in [0.29, 0.717) is 46.8 Å². The van der Waals surface area contributed by atoms with Crippen LogP contribution in [0.25, 0.3) is 0 Å². The SMILES string of the molecule is CNC1COCC1Nc1ncc(OCc2cc(C=O)cc(OC)c2Cl)cn1. The first-order valence-corrected chi connectivity index (χ1v) is 8.80. The van der Waals surface area contributed by atoms with Crippen LogP contribution < -0.4 is 20.1 Å². The smallest absolute Gasteiger partial charge is 0.223 e. The summed E-state index contributed by atoms with van der Waals surface area (Å²) >= 11 is 6.27. The summed E-state index contributed by atoms with van der Waals surface area (Å²) < 4.78 is 16.3. The van der Waals surface area contributed by atoms with Crippen LogP contribution in [-0.4, -0.2) is 55.7 Å². The van der Waals surface area contributed by atoms with Crippen LogP contribution in [0, 0.1) is 0 Å². The molecule has 144 valence electrons. The van der Waals surface area contributed by atoms with Gasteiger partial charge in [0.1, 0.15) is 18.6 Å². The zero-order chi connectivity index (χ0) is 19.2. The Bertz CT molecular complexity index is 788. The molecule has 1 aliphatic rings. The fourth-order valence-corrected chi connectivity index (χ4v) is 3.01. The zero-order valence-electron chi connectivity index (χ0n) is 15.1. The van der Waals surface area contributed by atoms with Crippen LogP contribution in [0.15, 0.2) is 24.5 Å². The van der Waals surface area contributed by atoms with Gasteiger partial charge in [-0.2, -0.15) is 0 Å². The predicted molar refractivity (Wildman–Crippen MR) is 101 cm³/mol. The van der Waals surface area contributed by atoms with Gasteiger partial charge in [-0.3, -0.25) is 4.79 Å². The molecule has 1 aromatic heterocycles. The number of aromatic nitrogens is 2. The number of carbonyl (C=O) groups is 1. The van der Waals surface area contributed by atoms with Crippen molar-refractivity contribution in [3.63, 3.8) is 0 Å². The summed E-state index contributed by atoms with van der Waals surface area (Å²) in [5, 5.41) is 6.84. The van der Waals surface area contributed by atoms with Crippen molar-refractivity contribution in [1.29, 1.82) is 0 Å². The molecule has 0 amide bonds. The van der Waals surface area contributed by atoms with Crippen LogP contribution in [0.3, 0.4) is 0 Å². The Labute approximate surface area is 162 Å². The van der Waals surface area contributed by atoms with E-state index in [2.05, 4.69) is 20.6 Å². The molecule has 27 heavy (non-hydrogen) atoms. The molecular weight excluding hydrogens is 372 g/mol. The fourth-order valence-electron chi connectivity index (χ4n) is 2.77. The maximum Gasteiger partial charge on any atom is 0.223 e. The first-order valence-electron chi connectivity index (χ1n) is 8.42. The number of methoxy groups -OCH3 is 1. The van der Waals surface area contributed by atoms with Crippen molar-refractivity contribution < 1.29 is 19.0 Å². The normalized spacial score (nSPS) is 18.9. The lowest BCUT2D eigenvalue weighted by Crippen LogP contribution is -2.41. The van der Waals surface area contributed by atoms with Gasteiger partial charge in [0.2, 0.25) is 5.95 Å². The standard InChI is InChI=1S/C18H21ClN4O4/c1-20-14-9-26-10-15(14)23-18-21-5-13(6-22-18)27-8-12-3-11(7-24)4-16(25-2)17(12)19/h3-7,14-15,20H,8-10H2,1-2H3,(H,21,22,23). The summed E-state index contributed by atoms with van der Waals surface area (Å²) in [5.41, 5.74) is 1.10. The van der Waals surface area contributed by atoms with Gasteiger partial charge < -0.3 is 24.8 Å². The number of ether oxygens (including phenoxy) is 3. The molecule has 0 bridgehead atoms. The molecule has 1 aromatic carbocycles. The van der Waals surface area contributed by atoms with Gasteiger partial charge in [0.05, 0.1) is 49.8 Å². The number of hydrogen-bond donors (Lipinski definition) is 2. The number of halogens is 1. The van der Waals surface area contributed by atoms with Crippen molar-refractivity contribution in [1.82, 2.24) is 15.3 Å². The molecule has 2 aromatic rings. The van der Waals surface area contributed by atoms with E-state index in [4.69, 9.17) is 25.8 Å². The minimum atomic E-state index is 0.110. The van der Waals surface area contributed by atoms with E-state index in [1.54, 1.807) is 24.5 Å². The third-order valence-corrected chi connectivity index (χ3v) is 4.71. The van der Waals surface area contributed by atoms with E-state index in [-0.39, 0.29) is 18.7 Å². The highest BCUT2D eigenvalue weighted by Crippen LogP contribution is 2.30. The Balaban J connectivity index is 1.63. The van der Waals surface area contributed by atoms with E-state index in [0.717, 1.165) is 6.29 Å². The van der Waals surface area contributed by atoms with E-state index in [1.165, 1.54) is 7.11 Å². The summed E-state index contributed by atoms with van der Waals surface area (Å²) in [6.07, 6.45) is 3.89. The Morgan fingerprint density at radius 1 is 1.30 bits per heavy atom. The Kier molecular flexibility index (Phi) is 6.44. The van der Waals surface area contributed by atoms with Gasteiger partial charge in [0.25, 0.3) is 0 Å². The number of nitrogens with one attached hydrogen (secondary N) is 2. The minimum absolute atomic E-state index is 0.110. The second-order valence-corrected chi connectivity index (χ2v) is 6.41. The number of hydrogen-bond acceptors (Lipinski definition) is 8. The largest absolute Gasteiger partial charge is 0.495 e. The third kappa shape index (κ3) is 4.65. The van der Waals surface area contributed by atoms with Gasteiger partial charge >= 0.3 is 0 Å². The monoisotopic (exact) mass is 392 g/mol. The molecule has 1 saturated heterocycles. The zero-order valence-corrected chi connectivity index (χ0v) is 15.8. The lowest BCUT2D eigenvalue weighted by Gasteiger charge is -2.18. The number of aldehydes is 1. The topological polar surface area (TPSA) is 94.6 Å². The lowest BCUT2D eigenvalue weighted by atomic mass is 10.1. The number of anilines is 1. The second kappa shape index (κ2) is 8.98. The average molecular weight is 393 g/mol. The molecule has 1 aliphatic heterocycles. The highest BCUT2D eigenvalue weighted by atomic mass is 35.5. The number of nitrogens with zero attached hydrogens (tertiary/aromatic N) is 2. The van der Waals surface area contributed by atoms with Crippen LogP contribution in [0.5, 0.6) is 11.5 Å². The molecule has 9 heteroatoms. The minimum Gasteiger partial charge on any atom is -0.495 e. The van der Waals surface area contributed by atoms with E-state index in [9.17, 15) is 4.79 Å². The molecule has 2 N–H and O–H groups in total. The van der Waals surface area contributed by atoms with Crippen molar-refractivity contribution in [2.75, 3.05) is 32.7 Å². The molecule has 0 spiro atoms. The van der Waals surface area contributed by atoms with Crippen molar-refractivity contribution in [3.05, 3.63) is 40.7 Å². The number of likely N-dealkylation sites (N-methyl/N-ethyl adjacent to an activating group) is 1. The fraction of sp³-hybridized carbons (Fsp3) is 0.389. The first-order chi connectivity index (χ1) is 13.1. The molecule has 1 fully saturated rings. The van der Waals surface area contributed by atoms with Crippen molar-refractivity contribution in [2.45, 2.75) is 18.7 Å². The summed E-state index contributed by atoms with van der Waals surface area (Å²) in [4.78, 5) is 19.6. The van der Waals surface area contributed by atoms with Crippen LogP contribution in [-0.2, 0) is 11.3 Å². The number of benzene rings is 1. The van der Waals surface area contributed by atoms with Crippen LogP contribution in [0.1, 0.15) is 15.9 Å². The Morgan fingerprint density at radius 2 is 2.04 bits per heavy atom. The molecule has 2 atom stereocenters. The third-order valence-electron chi connectivity index (χ3n) is 4.28. The summed E-state index contributed by atoms with van der Waals surface area (Å²) in [7, 11) is 3.39. The molecule has 3 rings (SSSR count). The van der Waals surface area contributed by atoms with Crippen LogP contribution in [0.4, 0.5) is 5.95 Å². The van der Waals surface area contributed by atoms with Crippen molar-refractivity contribution in [3.8, 4) is 11.5 Å². The van der Waals surface area contributed by atoms with Gasteiger partial charge in [-0.15, -0.1) is 0 Å². The second-order valence-electron chi connectivity index (χ2n) is 6.03. The van der Waals surface area contributed by atoms with Gasteiger partial charge in [0, 0.05) is 11.1 Å². The molecule has 0 radical (unpaired) electrons. The lowest BCUT2D eigenvalue weighted by molar-refractivity contribution is 0.112. The first kappa shape index (κ1) is 19.3. The number of rotatable bonds is 8. The van der Waals surface area contributed by atoms with Gasteiger partial charge in [-0.05, 0) is 19.2 Å². The van der Waals surface area contributed by atoms with E-state index in [1.807, 2.05) is 7.05 Å². The van der Waals surface area contributed by atoms with Gasteiger partial charge in [-0.1, -0.05) is 11.6 Å². The van der Waals surface area contributed by atoms with Crippen LogP contribution in [0.2, 0.25) is 5.02 Å². The summed E-state index contributed by atoms with van der Waals surface area (Å²) in [6.45, 7) is 1.41. The summed E-state index contributed by atoms with van der Waals surface area (Å²) in [5.74, 6) is 1.41. The predicted octanol–water partition coefficient (Wildman–Crippen LogP) is 1.93. The molecule has 2 unspecified atom stereocenters. The quantitative estimate of drug-likeness (QED) is 0.658. The highest BCUT2D eigenvalue weighted by molar-refractivity contribution is 6.33. The molecule has 0 aliphatic carbocycles. The number of carbonyl (C=O) groups excluding carboxylic acids is 1. The van der Waals surface area contributed by atoms with E-state index >= 15 is 0 Å². The molecule has 8 nitrogen and oxygen atoms in total. The van der Waals surface area contributed by atoms with Crippen molar-refractivity contribution in [2.24, 2.45) is 0 Å². The van der Waals surface area contributed by atoms with Gasteiger partial charge in [0.15, 0.2) is 5.75 Å². The highest BCUT2D eigenvalue weighted by Gasteiger charge is 2.27. The average Bonchev–Trinajstić information content (AvgIpc) is 3.15. The molecular formula is C18H21ClN4O4. The van der Waals surface area contributed by atoms with Gasteiger partial charge in [-0.25, -0.2) is 9.97 Å².